The molecular formula is C11H25N3O2. The number of hydrogen-bond acceptors (Lipinski definition) is 4. The Bertz CT molecular complexity index is 188. The minimum Gasteiger partial charge on any atom is -0.396 e. The highest BCUT2D eigenvalue weighted by Crippen LogP contribution is 2.00. The van der Waals surface area contributed by atoms with Gasteiger partial charge in [0, 0.05) is 38.2 Å². The average molecular weight is 231 g/mol. The summed E-state index contributed by atoms with van der Waals surface area (Å²) < 4.78 is 0. The molecule has 96 valence electrons. The molecule has 16 heavy (non-hydrogen) atoms. The first-order chi connectivity index (χ1) is 7.67. The Morgan fingerprint density at radius 3 is 2.50 bits per heavy atom. The van der Waals surface area contributed by atoms with E-state index in [1.165, 1.54) is 0 Å². The summed E-state index contributed by atoms with van der Waals surface area (Å²) in [5.74, 6) is 0.0179. The molecule has 5 heteroatoms. The summed E-state index contributed by atoms with van der Waals surface area (Å²) >= 11 is 0. The minimum atomic E-state index is -0.0111. The lowest BCUT2D eigenvalue weighted by Crippen LogP contribution is -2.45. The van der Waals surface area contributed by atoms with Crippen LogP contribution in [0.25, 0.3) is 0 Å². The van der Waals surface area contributed by atoms with Gasteiger partial charge in [-0.25, -0.2) is 0 Å². The molecule has 0 rings (SSSR count). The molecule has 1 amide bonds. The fraction of sp³-hybridized carbons (Fsp3) is 0.909. The Balaban J connectivity index is 4.01. The summed E-state index contributed by atoms with van der Waals surface area (Å²) in [5.41, 5.74) is 5.61. The van der Waals surface area contributed by atoms with Crippen LogP contribution in [0.4, 0.5) is 0 Å². The van der Waals surface area contributed by atoms with Crippen LogP contribution in [0, 0.1) is 0 Å². The van der Waals surface area contributed by atoms with Crippen molar-refractivity contribution in [3.63, 3.8) is 0 Å². The van der Waals surface area contributed by atoms with Gasteiger partial charge in [-0.3, -0.25) is 4.79 Å². The minimum absolute atomic E-state index is 0.0111. The van der Waals surface area contributed by atoms with Crippen molar-refractivity contribution in [2.75, 3.05) is 19.7 Å². The Hall–Kier alpha value is -0.650. The highest BCUT2D eigenvalue weighted by atomic mass is 16.3. The second-order valence-corrected chi connectivity index (χ2v) is 3.87. The van der Waals surface area contributed by atoms with Crippen LogP contribution in [0.3, 0.4) is 0 Å². The van der Waals surface area contributed by atoms with Crippen LogP contribution in [0.15, 0.2) is 0 Å². The number of carbonyl (C=O) groups excluding carboxylic acids is 1. The van der Waals surface area contributed by atoms with Gasteiger partial charge >= 0.3 is 0 Å². The number of nitrogens with one attached hydrogen (secondary N) is 2. The van der Waals surface area contributed by atoms with Gasteiger partial charge in [0.1, 0.15) is 0 Å². The Kier molecular flexibility index (Phi) is 9.18. The first-order valence-corrected chi connectivity index (χ1v) is 6.01. The van der Waals surface area contributed by atoms with Gasteiger partial charge in [-0.2, -0.15) is 0 Å². The zero-order chi connectivity index (χ0) is 12.4. The van der Waals surface area contributed by atoms with E-state index in [4.69, 9.17) is 10.8 Å². The van der Waals surface area contributed by atoms with Gasteiger partial charge in [0.15, 0.2) is 0 Å². The first kappa shape index (κ1) is 15.3. The maximum absolute atomic E-state index is 11.4. The van der Waals surface area contributed by atoms with Crippen LogP contribution < -0.4 is 16.4 Å². The van der Waals surface area contributed by atoms with Crippen LogP contribution in [0.2, 0.25) is 0 Å². The average Bonchev–Trinajstić information content (AvgIpc) is 2.27. The zero-order valence-corrected chi connectivity index (χ0v) is 10.3. The molecule has 0 spiro atoms. The van der Waals surface area contributed by atoms with Crippen LogP contribution in [-0.4, -0.2) is 42.8 Å². The standard InChI is InChI=1S/C11H25N3O2/c1-3-9(5-6-15)14-10(8-12)7-11(16)13-4-2/h9-10,14-15H,3-8,12H2,1-2H3,(H,13,16). The van der Waals surface area contributed by atoms with Gasteiger partial charge in [-0.15, -0.1) is 0 Å². The Morgan fingerprint density at radius 1 is 1.38 bits per heavy atom. The van der Waals surface area contributed by atoms with Crippen LogP contribution in [0.1, 0.15) is 33.1 Å². The highest BCUT2D eigenvalue weighted by molar-refractivity contribution is 5.76. The molecule has 0 aromatic rings. The third-order valence-corrected chi connectivity index (χ3v) is 2.53. The van der Waals surface area contributed by atoms with E-state index in [1.54, 1.807) is 0 Å². The van der Waals surface area contributed by atoms with Crippen molar-refractivity contribution in [3.8, 4) is 0 Å². The quantitative estimate of drug-likeness (QED) is 0.434. The summed E-state index contributed by atoms with van der Waals surface area (Å²) in [6, 6.07) is 0.219. The van der Waals surface area contributed by atoms with E-state index in [1.807, 2.05) is 13.8 Å². The molecule has 0 aliphatic heterocycles. The normalized spacial score (nSPS) is 14.5. The summed E-state index contributed by atoms with van der Waals surface area (Å²) in [5, 5.41) is 14.9. The van der Waals surface area contributed by atoms with E-state index >= 15 is 0 Å². The van der Waals surface area contributed by atoms with Crippen LogP contribution in [-0.2, 0) is 4.79 Å². The molecule has 0 aliphatic rings. The molecule has 0 fully saturated rings. The number of rotatable bonds is 9. The van der Waals surface area contributed by atoms with Gasteiger partial charge in [0.2, 0.25) is 5.91 Å². The lowest BCUT2D eigenvalue weighted by molar-refractivity contribution is -0.121. The van der Waals surface area contributed by atoms with Crippen LogP contribution in [0.5, 0.6) is 0 Å². The fourth-order valence-corrected chi connectivity index (χ4v) is 1.60. The molecule has 2 atom stereocenters. The van der Waals surface area contributed by atoms with E-state index in [0.717, 1.165) is 6.42 Å². The largest absolute Gasteiger partial charge is 0.396 e. The third-order valence-electron chi connectivity index (χ3n) is 2.53. The van der Waals surface area contributed by atoms with E-state index in [0.29, 0.717) is 25.9 Å². The maximum Gasteiger partial charge on any atom is 0.221 e. The summed E-state index contributed by atoms with van der Waals surface area (Å²) in [6.07, 6.45) is 2.02. The van der Waals surface area contributed by atoms with Crippen molar-refractivity contribution in [1.82, 2.24) is 10.6 Å². The first-order valence-electron chi connectivity index (χ1n) is 6.01. The second kappa shape index (κ2) is 9.57. The Morgan fingerprint density at radius 2 is 2.06 bits per heavy atom. The summed E-state index contributed by atoms with van der Waals surface area (Å²) in [4.78, 5) is 11.4. The molecule has 0 bridgehead atoms. The monoisotopic (exact) mass is 231 g/mol. The molecule has 0 radical (unpaired) electrons. The molecule has 2 unspecified atom stereocenters. The molecular weight excluding hydrogens is 206 g/mol. The van der Waals surface area contributed by atoms with Gasteiger partial charge in [0.25, 0.3) is 0 Å². The molecule has 0 saturated heterocycles. The molecule has 0 aromatic carbocycles. The van der Waals surface area contributed by atoms with Gasteiger partial charge in [-0.1, -0.05) is 6.92 Å². The predicted octanol–water partition coefficient (Wildman–Crippen LogP) is -0.409. The summed E-state index contributed by atoms with van der Waals surface area (Å²) in [7, 11) is 0. The second-order valence-electron chi connectivity index (χ2n) is 3.87. The number of aliphatic hydroxyl groups excluding tert-OH is 1. The number of hydrogen-bond donors (Lipinski definition) is 4. The van der Waals surface area contributed by atoms with Gasteiger partial charge < -0.3 is 21.5 Å². The van der Waals surface area contributed by atoms with E-state index in [-0.39, 0.29) is 24.6 Å². The maximum atomic E-state index is 11.4. The van der Waals surface area contributed by atoms with Crippen molar-refractivity contribution < 1.29 is 9.90 Å². The lowest BCUT2D eigenvalue weighted by Gasteiger charge is -2.23. The molecule has 0 saturated carbocycles. The molecule has 5 nitrogen and oxygen atoms in total. The van der Waals surface area contributed by atoms with Gasteiger partial charge in [-0.05, 0) is 19.8 Å². The molecule has 0 heterocycles. The molecule has 0 aliphatic carbocycles. The van der Waals surface area contributed by atoms with Gasteiger partial charge in [0.05, 0.1) is 0 Å². The van der Waals surface area contributed by atoms with Crippen molar-refractivity contribution >= 4 is 5.91 Å². The zero-order valence-electron chi connectivity index (χ0n) is 10.3. The topological polar surface area (TPSA) is 87.4 Å². The Labute approximate surface area is 97.8 Å². The lowest BCUT2D eigenvalue weighted by atomic mass is 10.1. The van der Waals surface area contributed by atoms with E-state index in [9.17, 15) is 4.79 Å². The van der Waals surface area contributed by atoms with Crippen molar-refractivity contribution in [1.29, 1.82) is 0 Å². The summed E-state index contributed by atoms with van der Waals surface area (Å²) in [6.45, 7) is 5.17. The van der Waals surface area contributed by atoms with Crippen molar-refractivity contribution in [2.24, 2.45) is 5.73 Å². The predicted molar refractivity (Wildman–Crippen MR) is 65.1 cm³/mol. The highest BCUT2D eigenvalue weighted by Gasteiger charge is 2.15. The van der Waals surface area contributed by atoms with Crippen molar-refractivity contribution in [3.05, 3.63) is 0 Å². The number of nitrogens with two attached hydrogens (primary N) is 1. The SMILES string of the molecule is CCNC(=O)CC(CN)NC(CC)CCO. The number of aliphatic hydroxyl groups is 1. The molecule has 5 N–H and O–H groups in total. The fourth-order valence-electron chi connectivity index (χ4n) is 1.60. The van der Waals surface area contributed by atoms with E-state index in [2.05, 4.69) is 10.6 Å². The smallest absolute Gasteiger partial charge is 0.221 e. The molecule has 0 aromatic heterocycles. The third kappa shape index (κ3) is 6.76. The number of amides is 1. The number of carbonyl (C=O) groups is 1. The van der Waals surface area contributed by atoms with Crippen LogP contribution >= 0.6 is 0 Å². The van der Waals surface area contributed by atoms with Crippen molar-refractivity contribution in [2.45, 2.75) is 45.2 Å². The van der Waals surface area contributed by atoms with E-state index < -0.39 is 0 Å².